The molecule has 0 aliphatic rings. The zero-order valence-electron chi connectivity index (χ0n) is 48.5. The zero-order valence-corrected chi connectivity index (χ0v) is 48.5. The predicted octanol–water partition coefficient (Wildman–Crippen LogP) is 0.460. The molecule has 0 unspecified atom stereocenters. The summed E-state index contributed by atoms with van der Waals surface area (Å²) in [6.07, 6.45) is 1.95. The summed E-state index contributed by atoms with van der Waals surface area (Å²) in [7, 11) is 0. The molecule has 1 atom stereocenters. The van der Waals surface area contributed by atoms with E-state index in [4.69, 9.17) is 115 Å². The summed E-state index contributed by atoms with van der Waals surface area (Å²) in [5.41, 5.74) is 5.45. The van der Waals surface area contributed by atoms with Crippen LogP contribution >= 0.6 is 0 Å². The number of carboxylic acids is 1. The molecule has 0 aromatic rings. The van der Waals surface area contributed by atoms with Gasteiger partial charge in [0.2, 0.25) is 5.91 Å². The highest BCUT2D eigenvalue weighted by atomic mass is 16.6. The second-order valence-electron chi connectivity index (χ2n) is 16.6. The highest BCUT2D eigenvalue weighted by molar-refractivity contribution is 5.75. The second kappa shape index (κ2) is 71.3. The van der Waals surface area contributed by atoms with Gasteiger partial charge in [-0.2, -0.15) is 0 Å². The molecule has 0 saturated heterocycles. The number of carbonyl (C=O) groups excluding carboxylic acids is 1. The number of nitrogens with one attached hydrogen (secondary N) is 1. The van der Waals surface area contributed by atoms with Crippen LogP contribution < -0.4 is 11.1 Å². The van der Waals surface area contributed by atoms with E-state index in [2.05, 4.69) is 5.32 Å². The predicted molar refractivity (Wildman–Crippen MR) is 291 cm³/mol. The molecule has 0 aliphatic heterocycles. The van der Waals surface area contributed by atoms with Gasteiger partial charge in [-0.1, -0.05) is 0 Å². The Labute approximate surface area is 476 Å². The van der Waals surface area contributed by atoms with E-state index in [1.165, 1.54) is 0 Å². The SMILES string of the molecule is CCOCCOCCOCCOCCOCCOCCOCCOCCOCCOCCOCCOCCOCCOCCOCCOCCOCCOCCOCCOCCOCCOCCC(=O)NCCCC[C@H](N)C(=O)O. The van der Waals surface area contributed by atoms with Crippen LogP contribution in [0.25, 0.3) is 0 Å². The fourth-order valence-electron chi connectivity index (χ4n) is 5.86. The smallest absolute Gasteiger partial charge is 0.320 e. The Morgan fingerprint density at radius 2 is 0.475 bits per heavy atom. The standard InChI is InChI=1S/C53H106N2O25/c1-2-59-9-10-61-13-14-63-17-18-65-21-22-67-25-26-69-29-30-71-33-34-73-37-38-75-41-42-77-45-46-79-49-50-80-48-47-78-44-43-76-40-39-74-36-35-72-32-31-70-28-27-68-24-23-66-20-19-64-16-15-62-12-11-60-8-6-52(56)55-7-4-3-5-51(54)53(57)58/h51H,2-50,54H2,1H3,(H,55,56)(H,57,58)/t51-/m0/s1. The molecule has 0 aromatic carbocycles. The Bertz CT molecular complexity index is 1200. The van der Waals surface area contributed by atoms with Crippen molar-refractivity contribution in [1.29, 1.82) is 0 Å². The molecule has 478 valence electrons. The van der Waals surface area contributed by atoms with E-state index in [-0.39, 0.29) is 12.3 Å². The topological polar surface area (TPSA) is 295 Å². The third-order valence-electron chi connectivity index (χ3n) is 10.1. The van der Waals surface area contributed by atoms with Crippen molar-refractivity contribution in [1.82, 2.24) is 5.32 Å². The number of hydrogen-bond donors (Lipinski definition) is 3. The molecule has 1 amide bonds. The summed E-state index contributed by atoms with van der Waals surface area (Å²) in [4.78, 5) is 22.5. The fraction of sp³-hybridized carbons (Fsp3) is 0.962. The molecule has 0 radical (unpaired) electrons. The number of rotatable bonds is 73. The molecule has 0 aliphatic carbocycles. The van der Waals surface area contributed by atoms with Crippen LogP contribution in [0, 0.1) is 0 Å². The lowest BCUT2D eigenvalue weighted by Gasteiger charge is -2.09. The summed E-state index contributed by atoms with van der Waals surface area (Å²) in [5, 5.41) is 11.5. The van der Waals surface area contributed by atoms with Gasteiger partial charge in [0.05, 0.1) is 284 Å². The van der Waals surface area contributed by atoms with Crippen LogP contribution in [-0.4, -0.2) is 320 Å². The maximum Gasteiger partial charge on any atom is 0.320 e. The number of aliphatic carboxylic acids is 1. The van der Waals surface area contributed by atoms with Gasteiger partial charge < -0.3 is 120 Å². The number of carboxylic acid groups (broad SMARTS) is 1. The van der Waals surface area contributed by atoms with E-state index in [1.807, 2.05) is 6.92 Å². The van der Waals surface area contributed by atoms with Gasteiger partial charge in [-0.15, -0.1) is 0 Å². The summed E-state index contributed by atoms with van der Waals surface area (Å²) in [5.74, 6) is -1.12. The van der Waals surface area contributed by atoms with Crippen LogP contribution in [0.3, 0.4) is 0 Å². The Kier molecular flexibility index (Phi) is 69.5. The lowest BCUT2D eigenvalue weighted by Crippen LogP contribution is -2.30. The maximum atomic E-state index is 11.8. The molecular formula is C53H106N2O25. The van der Waals surface area contributed by atoms with E-state index in [9.17, 15) is 9.59 Å². The first kappa shape index (κ1) is 78.0. The molecule has 0 spiro atoms. The normalized spacial score (nSPS) is 12.0. The third-order valence-corrected chi connectivity index (χ3v) is 10.1. The summed E-state index contributed by atoms with van der Waals surface area (Å²) in [6.45, 7) is 23.8. The summed E-state index contributed by atoms with van der Waals surface area (Å²) in [6, 6.07) is -0.859. The van der Waals surface area contributed by atoms with Crippen LogP contribution in [0.2, 0.25) is 0 Å². The molecule has 0 rings (SSSR count). The van der Waals surface area contributed by atoms with Gasteiger partial charge in [-0.3, -0.25) is 9.59 Å². The Balaban J connectivity index is 3.11. The van der Waals surface area contributed by atoms with Crippen molar-refractivity contribution in [2.45, 2.75) is 38.6 Å². The van der Waals surface area contributed by atoms with E-state index >= 15 is 0 Å². The van der Waals surface area contributed by atoms with Crippen molar-refractivity contribution in [3.05, 3.63) is 0 Å². The molecule has 27 nitrogen and oxygen atoms in total. The van der Waals surface area contributed by atoms with E-state index < -0.39 is 12.0 Å². The average Bonchev–Trinajstić information content (AvgIpc) is 3.45. The fourth-order valence-corrected chi connectivity index (χ4v) is 5.86. The van der Waals surface area contributed by atoms with Crippen molar-refractivity contribution >= 4 is 11.9 Å². The van der Waals surface area contributed by atoms with Crippen molar-refractivity contribution in [3.63, 3.8) is 0 Å². The number of unbranched alkanes of at least 4 members (excludes halogenated alkanes) is 1. The Morgan fingerprint density at radius 3 is 0.650 bits per heavy atom. The Hall–Kier alpha value is -1.98. The molecular weight excluding hydrogens is 1060 g/mol. The highest BCUT2D eigenvalue weighted by Crippen LogP contribution is 1.99. The van der Waals surface area contributed by atoms with E-state index in [0.29, 0.717) is 317 Å². The molecule has 0 fully saturated rings. The van der Waals surface area contributed by atoms with Gasteiger partial charge >= 0.3 is 5.97 Å². The second-order valence-corrected chi connectivity index (χ2v) is 16.6. The van der Waals surface area contributed by atoms with Gasteiger partial charge in [0, 0.05) is 19.6 Å². The third kappa shape index (κ3) is 70.3. The minimum atomic E-state index is -1.01. The van der Waals surface area contributed by atoms with E-state index in [0.717, 1.165) is 0 Å². The number of ether oxygens (including phenoxy) is 22. The van der Waals surface area contributed by atoms with Crippen molar-refractivity contribution in [2.75, 3.05) is 297 Å². The summed E-state index contributed by atoms with van der Waals surface area (Å²) >= 11 is 0. The van der Waals surface area contributed by atoms with Gasteiger partial charge in [-0.05, 0) is 26.2 Å². The number of nitrogens with two attached hydrogens (primary N) is 1. The summed E-state index contributed by atoms with van der Waals surface area (Å²) < 4.78 is 120. The number of amides is 1. The minimum absolute atomic E-state index is 0.113. The average molecular weight is 1170 g/mol. The monoisotopic (exact) mass is 1170 g/mol. The Morgan fingerprint density at radius 1 is 0.300 bits per heavy atom. The first-order valence-electron chi connectivity index (χ1n) is 28.5. The molecule has 0 bridgehead atoms. The zero-order chi connectivity index (χ0) is 57.6. The lowest BCUT2D eigenvalue weighted by molar-refractivity contribution is -0.138. The molecule has 0 aromatic heterocycles. The molecule has 0 heterocycles. The lowest BCUT2D eigenvalue weighted by atomic mass is 10.1. The van der Waals surface area contributed by atoms with Gasteiger partial charge in [0.15, 0.2) is 0 Å². The van der Waals surface area contributed by atoms with Gasteiger partial charge in [0.25, 0.3) is 0 Å². The van der Waals surface area contributed by atoms with Crippen LogP contribution in [0.1, 0.15) is 32.6 Å². The molecule has 4 N–H and O–H groups in total. The highest BCUT2D eigenvalue weighted by Gasteiger charge is 2.10. The largest absolute Gasteiger partial charge is 0.480 e. The number of hydrogen-bond acceptors (Lipinski definition) is 25. The van der Waals surface area contributed by atoms with Crippen LogP contribution in [0.4, 0.5) is 0 Å². The van der Waals surface area contributed by atoms with Crippen molar-refractivity contribution in [2.24, 2.45) is 5.73 Å². The molecule has 0 saturated carbocycles. The quantitative estimate of drug-likeness (QED) is 0.0697. The van der Waals surface area contributed by atoms with E-state index in [1.54, 1.807) is 0 Å². The van der Waals surface area contributed by atoms with Crippen molar-refractivity contribution in [3.8, 4) is 0 Å². The van der Waals surface area contributed by atoms with Crippen molar-refractivity contribution < 1.29 is 119 Å². The van der Waals surface area contributed by atoms with Crippen LogP contribution in [0.15, 0.2) is 0 Å². The van der Waals surface area contributed by atoms with Gasteiger partial charge in [-0.25, -0.2) is 0 Å². The first-order chi connectivity index (χ1) is 39.6. The van der Waals surface area contributed by atoms with Crippen LogP contribution in [-0.2, 0) is 114 Å². The molecule has 80 heavy (non-hydrogen) atoms. The van der Waals surface area contributed by atoms with Crippen LogP contribution in [0.5, 0.6) is 0 Å². The number of carbonyl (C=O) groups is 2. The van der Waals surface area contributed by atoms with Gasteiger partial charge in [0.1, 0.15) is 6.04 Å². The minimum Gasteiger partial charge on any atom is -0.480 e. The first-order valence-corrected chi connectivity index (χ1v) is 28.5. The maximum absolute atomic E-state index is 11.8. The molecule has 27 heteroatoms.